The van der Waals surface area contributed by atoms with E-state index in [0.717, 1.165) is 0 Å². The number of rotatable bonds is 4. The van der Waals surface area contributed by atoms with Crippen LogP contribution in [0.3, 0.4) is 0 Å². The summed E-state index contributed by atoms with van der Waals surface area (Å²) in [6.45, 7) is 8.79. The molecule has 1 rings (SSSR count). The Morgan fingerprint density at radius 3 is 2.71 bits per heavy atom. The predicted octanol–water partition coefficient (Wildman–Crippen LogP) is 0.568. The fourth-order valence-electron chi connectivity index (χ4n) is 2.44. The van der Waals surface area contributed by atoms with Gasteiger partial charge in [0.25, 0.3) is 0 Å². The fourth-order valence-corrected chi connectivity index (χ4v) is 2.44. The molecule has 0 aromatic rings. The minimum Gasteiger partial charge on any atom is -0.481 e. The average molecular weight is 240 g/mol. The molecule has 5 nitrogen and oxygen atoms in total. The van der Waals surface area contributed by atoms with Crippen LogP contribution in [0, 0.1) is 0 Å². The first-order chi connectivity index (χ1) is 7.79. The Labute approximate surface area is 102 Å². The molecule has 1 heterocycles. The molecule has 1 aliphatic heterocycles. The van der Waals surface area contributed by atoms with E-state index in [4.69, 9.17) is 5.11 Å². The van der Waals surface area contributed by atoms with E-state index in [1.54, 1.807) is 18.0 Å². The summed E-state index contributed by atoms with van der Waals surface area (Å²) in [4.78, 5) is 26.4. The Morgan fingerprint density at radius 1 is 1.65 bits per heavy atom. The average Bonchev–Trinajstić information content (AvgIpc) is 2.19. The van der Waals surface area contributed by atoms with Crippen LogP contribution >= 0.6 is 0 Å². The maximum absolute atomic E-state index is 12.0. The second-order valence-corrected chi connectivity index (χ2v) is 5.06. The Kier molecular flexibility index (Phi) is 3.93. The van der Waals surface area contributed by atoms with Crippen LogP contribution in [0.25, 0.3) is 0 Å². The zero-order valence-electron chi connectivity index (χ0n) is 10.6. The quantitative estimate of drug-likeness (QED) is 0.730. The van der Waals surface area contributed by atoms with Gasteiger partial charge in [0.15, 0.2) is 0 Å². The van der Waals surface area contributed by atoms with Crippen molar-refractivity contribution >= 4 is 11.9 Å². The number of carboxylic acid groups (broad SMARTS) is 1. The van der Waals surface area contributed by atoms with Gasteiger partial charge in [-0.15, -0.1) is 6.58 Å². The van der Waals surface area contributed by atoms with Crippen LogP contribution in [0.15, 0.2) is 12.7 Å². The molecule has 0 radical (unpaired) electrons. The molecule has 1 unspecified atom stereocenters. The van der Waals surface area contributed by atoms with E-state index in [9.17, 15) is 9.59 Å². The Morgan fingerprint density at radius 2 is 2.24 bits per heavy atom. The van der Waals surface area contributed by atoms with Crippen molar-refractivity contribution in [1.82, 2.24) is 9.80 Å². The van der Waals surface area contributed by atoms with Crippen molar-refractivity contribution in [1.29, 1.82) is 0 Å². The van der Waals surface area contributed by atoms with Crippen LogP contribution in [0.5, 0.6) is 0 Å². The molecule has 96 valence electrons. The molecule has 1 atom stereocenters. The summed E-state index contributed by atoms with van der Waals surface area (Å²) in [6.07, 6.45) is 1.54. The van der Waals surface area contributed by atoms with Crippen LogP contribution < -0.4 is 0 Å². The third-order valence-electron chi connectivity index (χ3n) is 3.13. The lowest BCUT2D eigenvalue weighted by atomic mass is 9.93. The van der Waals surface area contributed by atoms with Gasteiger partial charge in [0.2, 0.25) is 5.91 Å². The molecule has 0 bridgehead atoms. The standard InChI is InChI=1S/C12H20N2O3/c1-5-6-14-9(7-10(15)16)11(17)13(4)8-12(14,2)3/h5,9H,1,6-8H2,2-4H3,(H,15,16). The predicted molar refractivity (Wildman–Crippen MR) is 64.7 cm³/mol. The first-order valence-electron chi connectivity index (χ1n) is 5.64. The molecule has 17 heavy (non-hydrogen) atoms. The van der Waals surface area contributed by atoms with Crippen molar-refractivity contribution in [2.75, 3.05) is 20.1 Å². The highest BCUT2D eigenvalue weighted by Crippen LogP contribution is 2.26. The Balaban J connectivity index is 3.01. The van der Waals surface area contributed by atoms with Crippen LogP contribution in [0.1, 0.15) is 20.3 Å². The second kappa shape index (κ2) is 4.87. The van der Waals surface area contributed by atoms with Gasteiger partial charge in [-0.25, -0.2) is 0 Å². The number of piperazine rings is 1. The van der Waals surface area contributed by atoms with Crippen LogP contribution in [0.2, 0.25) is 0 Å². The highest BCUT2D eigenvalue weighted by molar-refractivity contribution is 5.87. The van der Waals surface area contributed by atoms with Gasteiger partial charge in [0.1, 0.15) is 6.04 Å². The number of likely N-dealkylation sites (N-methyl/N-ethyl adjacent to an activating group) is 1. The monoisotopic (exact) mass is 240 g/mol. The highest BCUT2D eigenvalue weighted by Gasteiger charge is 2.43. The van der Waals surface area contributed by atoms with E-state index < -0.39 is 12.0 Å². The van der Waals surface area contributed by atoms with Gasteiger partial charge in [-0.05, 0) is 13.8 Å². The summed E-state index contributed by atoms with van der Waals surface area (Å²) in [6, 6.07) is -0.598. The smallest absolute Gasteiger partial charge is 0.305 e. The largest absolute Gasteiger partial charge is 0.481 e. The molecule has 1 aliphatic rings. The fraction of sp³-hybridized carbons (Fsp3) is 0.667. The number of hydrogen-bond donors (Lipinski definition) is 1. The van der Waals surface area contributed by atoms with Crippen LogP contribution in [-0.4, -0.2) is 58.5 Å². The Bertz CT molecular complexity index is 339. The minimum atomic E-state index is -0.955. The summed E-state index contributed by atoms with van der Waals surface area (Å²) in [5.41, 5.74) is -0.239. The summed E-state index contributed by atoms with van der Waals surface area (Å²) < 4.78 is 0. The van der Waals surface area contributed by atoms with E-state index in [1.807, 2.05) is 18.7 Å². The molecule has 1 saturated heterocycles. The maximum atomic E-state index is 12.0. The first-order valence-corrected chi connectivity index (χ1v) is 5.64. The Hall–Kier alpha value is -1.36. The maximum Gasteiger partial charge on any atom is 0.305 e. The van der Waals surface area contributed by atoms with Crippen LogP contribution in [0.4, 0.5) is 0 Å². The number of aliphatic carboxylic acids is 1. The third kappa shape index (κ3) is 2.85. The van der Waals surface area contributed by atoms with E-state index in [0.29, 0.717) is 13.1 Å². The van der Waals surface area contributed by atoms with Crippen molar-refractivity contribution in [3.63, 3.8) is 0 Å². The molecule has 5 heteroatoms. The number of amides is 1. The first kappa shape index (κ1) is 13.7. The van der Waals surface area contributed by atoms with Gasteiger partial charge in [0, 0.05) is 25.7 Å². The molecule has 0 aromatic carbocycles. The van der Waals surface area contributed by atoms with Crippen molar-refractivity contribution in [2.24, 2.45) is 0 Å². The highest BCUT2D eigenvalue weighted by atomic mass is 16.4. The molecule has 1 amide bonds. The lowest BCUT2D eigenvalue weighted by Crippen LogP contribution is -2.65. The van der Waals surface area contributed by atoms with Gasteiger partial charge >= 0.3 is 5.97 Å². The molecule has 1 fully saturated rings. The molecular weight excluding hydrogens is 220 g/mol. The molecule has 0 aromatic heterocycles. The van der Waals surface area contributed by atoms with Crippen LogP contribution in [-0.2, 0) is 9.59 Å². The van der Waals surface area contributed by atoms with Crippen molar-refractivity contribution in [3.05, 3.63) is 12.7 Å². The third-order valence-corrected chi connectivity index (χ3v) is 3.13. The number of carbonyl (C=O) groups excluding carboxylic acids is 1. The zero-order valence-corrected chi connectivity index (χ0v) is 10.6. The molecule has 0 aliphatic carbocycles. The molecule has 0 spiro atoms. The lowest BCUT2D eigenvalue weighted by molar-refractivity contribution is -0.154. The second-order valence-electron chi connectivity index (χ2n) is 5.06. The van der Waals surface area contributed by atoms with E-state index in [1.165, 1.54) is 0 Å². The number of carbonyl (C=O) groups is 2. The zero-order chi connectivity index (χ0) is 13.2. The SMILES string of the molecule is C=CCN1C(CC(=O)O)C(=O)N(C)CC1(C)C. The van der Waals surface area contributed by atoms with Gasteiger partial charge in [0.05, 0.1) is 6.42 Å². The summed E-state index contributed by atoms with van der Waals surface area (Å²) in [5, 5.41) is 8.90. The summed E-state index contributed by atoms with van der Waals surface area (Å²) >= 11 is 0. The van der Waals surface area contributed by atoms with E-state index in [-0.39, 0.29) is 17.9 Å². The van der Waals surface area contributed by atoms with Crippen molar-refractivity contribution < 1.29 is 14.7 Å². The molecule has 0 saturated carbocycles. The normalized spacial score (nSPS) is 24.8. The summed E-state index contributed by atoms with van der Waals surface area (Å²) in [7, 11) is 1.71. The van der Waals surface area contributed by atoms with Crippen molar-refractivity contribution in [2.45, 2.75) is 31.8 Å². The van der Waals surface area contributed by atoms with Gasteiger partial charge in [-0.1, -0.05) is 6.08 Å². The minimum absolute atomic E-state index is 0.131. The van der Waals surface area contributed by atoms with Gasteiger partial charge in [-0.2, -0.15) is 0 Å². The molecular formula is C12H20N2O3. The van der Waals surface area contributed by atoms with Gasteiger partial charge < -0.3 is 10.0 Å². The number of hydrogen-bond acceptors (Lipinski definition) is 3. The number of nitrogens with zero attached hydrogens (tertiary/aromatic N) is 2. The topological polar surface area (TPSA) is 60.9 Å². The van der Waals surface area contributed by atoms with E-state index in [2.05, 4.69) is 6.58 Å². The van der Waals surface area contributed by atoms with E-state index >= 15 is 0 Å². The van der Waals surface area contributed by atoms with Gasteiger partial charge in [-0.3, -0.25) is 14.5 Å². The lowest BCUT2D eigenvalue weighted by Gasteiger charge is -2.49. The summed E-state index contributed by atoms with van der Waals surface area (Å²) in [5.74, 6) is -1.09. The van der Waals surface area contributed by atoms with Crippen molar-refractivity contribution in [3.8, 4) is 0 Å². The molecule has 1 N–H and O–H groups in total. The number of carboxylic acids is 1.